The van der Waals surface area contributed by atoms with E-state index in [-0.39, 0.29) is 12.5 Å². The number of rotatable bonds is 7. The summed E-state index contributed by atoms with van der Waals surface area (Å²) in [4.78, 5) is 16.6. The number of anilines is 1. The first kappa shape index (κ1) is 18.4. The number of nitrogens with zero attached hydrogens (tertiary/aromatic N) is 3. The number of likely N-dealkylation sites (N-methyl/N-ethyl adjacent to an activating group) is 1. The van der Waals surface area contributed by atoms with Gasteiger partial charge in [0.2, 0.25) is 5.91 Å². The van der Waals surface area contributed by atoms with Gasteiger partial charge < -0.3 is 10.0 Å². The molecule has 1 aliphatic rings. The van der Waals surface area contributed by atoms with Crippen molar-refractivity contribution in [3.8, 4) is 6.07 Å². The first-order valence-corrected chi connectivity index (χ1v) is 8.69. The maximum atomic E-state index is 12.8. The van der Waals surface area contributed by atoms with E-state index in [1.54, 1.807) is 4.90 Å². The lowest BCUT2D eigenvalue weighted by molar-refractivity contribution is -0.120. The molecule has 1 aromatic carbocycles. The van der Waals surface area contributed by atoms with E-state index >= 15 is 0 Å². The van der Waals surface area contributed by atoms with Crippen molar-refractivity contribution in [2.75, 3.05) is 31.6 Å². The summed E-state index contributed by atoms with van der Waals surface area (Å²) in [6.07, 6.45) is 4.43. The molecule has 0 radical (unpaired) electrons. The van der Waals surface area contributed by atoms with E-state index in [0.717, 1.165) is 31.4 Å². The second kappa shape index (κ2) is 9.41. The smallest absolute Gasteiger partial charge is 0.241 e. The van der Waals surface area contributed by atoms with E-state index in [9.17, 15) is 9.90 Å². The topological polar surface area (TPSA) is 67.6 Å². The van der Waals surface area contributed by atoms with Crippen molar-refractivity contribution < 1.29 is 9.90 Å². The van der Waals surface area contributed by atoms with Crippen molar-refractivity contribution in [2.45, 2.75) is 38.1 Å². The lowest BCUT2D eigenvalue weighted by Crippen LogP contribution is -2.44. The third-order valence-corrected chi connectivity index (χ3v) is 4.90. The van der Waals surface area contributed by atoms with Crippen molar-refractivity contribution in [1.29, 1.82) is 5.26 Å². The van der Waals surface area contributed by atoms with Crippen LogP contribution in [0.3, 0.4) is 0 Å². The Hall–Kier alpha value is -1.90. The van der Waals surface area contributed by atoms with Crippen LogP contribution in [0.2, 0.25) is 0 Å². The Balaban J connectivity index is 1.96. The Morgan fingerprint density at radius 3 is 2.50 bits per heavy atom. The van der Waals surface area contributed by atoms with Gasteiger partial charge in [-0.15, -0.1) is 0 Å². The molecule has 5 nitrogen and oxygen atoms in total. The summed E-state index contributed by atoms with van der Waals surface area (Å²) >= 11 is 0. The van der Waals surface area contributed by atoms with E-state index in [1.807, 2.05) is 37.4 Å². The summed E-state index contributed by atoms with van der Waals surface area (Å²) < 4.78 is 0. The van der Waals surface area contributed by atoms with Gasteiger partial charge in [-0.1, -0.05) is 18.2 Å². The predicted octanol–water partition coefficient (Wildman–Crippen LogP) is 2.42. The summed E-state index contributed by atoms with van der Waals surface area (Å²) in [6.45, 7) is 1.05. The van der Waals surface area contributed by atoms with Gasteiger partial charge in [-0.2, -0.15) is 5.26 Å². The number of nitriles is 1. The number of para-hydroxylation sites is 1. The normalized spacial score (nSPS) is 20.6. The number of carbonyl (C=O) groups is 1. The summed E-state index contributed by atoms with van der Waals surface area (Å²) in [5, 5.41) is 18.1. The Labute approximate surface area is 144 Å². The highest BCUT2D eigenvalue weighted by molar-refractivity contribution is 5.94. The summed E-state index contributed by atoms with van der Waals surface area (Å²) in [5.74, 6) is 0.449. The molecule has 0 heterocycles. The number of carbonyl (C=O) groups excluding carboxylic acids is 1. The molecular formula is C19H27N3O2. The minimum atomic E-state index is 0.0308. The molecule has 130 valence electrons. The largest absolute Gasteiger partial charge is 0.396 e. The van der Waals surface area contributed by atoms with Crippen LogP contribution in [0.25, 0.3) is 0 Å². The number of amides is 1. The number of hydrogen-bond donors (Lipinski definition) is 1. The Kier molecular flexibility index (Phi) is 7.23. The molecule has 1 amide bonds. The van der Waals surface area contributed by atoms with Gasteiger partial charge >= 0.3 is 0 Å². The highest BCUT2D eigenvalue weighted by Crippen LogP contribution is 2.26. The number of aliphatic hydroxyl groups is 1. The maximum absolute atomic E-state index is 12.8. The molecule has 1 fully saturated rings. The van der Waals surface area contributed by atoms with Crippen molar-refractivity contribution >= 4 is 11.6 Å². The highest BCUT2D eigenvalue weighted by atomic mass is 16.3. The molecule has 0 atom stereocenters. The van der Waals surface area contributed by atoms with E-state index < -0.39 is 0 Å². The fraction of sp³-hybridized carbons (Fsp3) is 0.579. The van der Waals surface area contributed by atoms with E-state index in [2.05, 4.69) is 11.0 Å². The minimum absolute atomic E-state index is 0.0308. The van der Waals surface area contributed by atoms with Gasteiger partial charge in [0.1, 0.15) is 0 Å². The second-order valence-corrected chi connectivity index (χ2v) is 6.56. The van der Waals surface area contributed by atoms with E-state index in [1.165, 1.54) is 0 Å². The first-order chi connectivity index (χ1) is 11.7. The van der Waals surface area contributed by atoms with E-state index in [4.69, 9.17) is 5.26 Å². The summed E-state index contributed by atoms with van der Waals surface area (Å²) in [6, 6.07) is 12.1. The summed E-state index contributed by atoms with van der Waals surface area (Å²) in [5.41, 5.74) is 0.843. The fourth-order valence-electron chi connectivity index (χ4n) is 3.36. The standard InChI is InChI=1S/C19H27N3O2/c1-21(17-10-8-16(15-23)9-11-17)14-19(24)22(13-5-12-20)18-6-3-2-4-7-18/h2-4,6-7,16-17,23H,5,8-11,13-15H2,1H3. The predicted molar refractivity (Wildman–Crippen MR) is 94.5 cm³/mol. The van der Waals surface area contributed by atoms with Crippen LogP contribution in [0.4, 0.5) is 5.69 Å². The zero-order chi connectivity index (χ0) is 17.4. The van der Waals surface area contributed by atoms with Crippen LogP contribution in [0.15, 0.2) is 30.3 Å². The molecule has 5 heteroatoms. The van der Waals surface area contributed by atoms with Crippen LogP contribution >= 0.6 is 0 Å². The lowest BCUT2D eigenvalue weighted by Gasteiger charge is -2.35. The second-order valence-electron chi connectivity index (χ2n) is 6.56. The minimum Gasteiger partial charge on any atom is -0.396 e. The number of benzene rings is 1. The first-order valence-electron chi connectivity index (χ1n) is 8.69. The molecule has 0 saturated heterocycles. The molecule has 0 unspecified atom stereocenters. The van der Waals surface area contributed by atoms with Crippen LogP contribution in [0, 0.1) is 17.2 Å². The van der Waals surface area contributed by atoms with E-state index in [0.29, 0.717) is 31.5 Å². The third kappa shape index (κ3) is 5.05. The van der Waals surface area contributed by atoms with Gasteiger partial charge in [0, 0.05) is 24.9 Å². The van der Waals surface area contributed by atoms with Crippen LogP contribution in [-0.2, 0) is 4.79 Å². The van der Waals surface area contributed by atoms with Gasteiger partial charge in [0.05, 0.1) is 19.0 Å². The van der Waals surface area contributed by atoms with Crippen LogP contribution < -0.4 is 4.90 Å². The molecule has 0 spiro atoms. The molecule has 24 heavy (non-hydrogen) atoms. The molecular weight excluding hydrogens is 302 g/mol. The third-order valence-electron chi connectivity index (χ3n) is 4.90. The molecule has 0 aliphatic heterocycles. The van der Waals surface area contributed by atoms with Gasteiger partial charge in [0.25, 0.3) is 0 Å². The van der Waals surface area contributed by atoms with Crippen molar-refractivity contribution in [1.82, 2.24) is 4.90 Å². The zero-order valence-corrected chi connectivity index (χ0v) is 14.4. The average Bonchev–Trinajstić information content (AvgIpc) is 2.63. The fourth-order valence-corrected chi connectivity index (χ4v) is 3.36. The highest BCUT2D eigenvalue weighted by Gasteiger charge is 2.26. The number of hydrogen-bond acceptors (Lipinski definition) is 4. The SMILES string of the molecule is CN(CC(=O)N(CCC#N)c1ccccc1)C1CCC(CO)CC1. The van der Waals surface area contributed by atoms with Gasteiger partial charge in [-0.05, 0) is 50.8 Å². The van der Waals surface area contributed by atoms with Crippen molar-refractivity contribution in [3.63, 3.8) is 0 Å². The van der Waals surface area contributed by atoms with Crippen LogP contribution in [-0.4, -0.2) is 48.7 Å². The van der Waals surface area contributed by atoms with Crippen LogP contribution in [0.5, 0.6) is 0 Å². The van der Waals surface area contributed by atoms with Gasteiger partial charge in [-0.25, -0.2) is 0 Å². The van der Waals surface area contributed by atoms with Crippen LogP contribution in [0.1, 0.15) is 32.1 Å². The van der Waals surface area contributed by atoms with Crippen molar-refractivity contribution in [3.05, 3.63) is 30.3 Å². The monoisotopic (exact) mass is 329 g/mol. The molecule has 1 aliphatic carbocycles. The Bertz CT molecular complexity index is 547. The maximum Gasteiger partial charge on any atom is 0.241 e. The average molecular weight is 329 g/mol. The molecule has 1 N–H and O–H groups in total. The van der Waals surface area contributed by atoms with Gasteiger partial charge in [-0.3, -0.25) is 9.69 Å². The molecule has 1 saturated carbocycles. The number of aliphatic hydroxyl groups excluding tert-OH is 1. The molecule has 0 bridgehead atoms. The quantitative estimate of drug-likeness (QED) is 0.834. The van der Waals surface area contributed by atoms with Gasteiger partial charge in [0.15, 0.2) is 0 Å². The molecule has 1 aromatic rings. The summed E-state index contributed by atoms with van der Waals surface area (Å²) in [7, 11) is 2.00. The zero-order valence-electron chi connectivity index (χ0n) is 14.4. The molecule has 0 aromatic heterocycles. The van der Waals surface area contributed by atoms with Crippen molar-refractivity contribution in [2.24, 2.45) is 5.92 Å². The molecule has 2 rings (SSSR count). The lowest BCUT2D eigenvalue weighted by atomic mass is 9.86. The Morgan fingerprint density at radius 2 is 1.92 bits per heavy atom. The Morgan fingerprint density at radius 1 is 1.25 bits per heavy atom.